The zero-order chi connectivity index (χ0) is 15.0. The third-order valence-corrected chi connectivity index (χ3v) is 5.09. The summed E-state index contributed by atoms with van der Waals surface area (Å²) in [5.74, 6) is 0.124. The maximum absolute atomic E-state index is 13.9. The number of fused-ring (bicyclic) bond motifs is 1. The summed E-state index contributed by atoms with van der Waals surface area (Å²) in [4.78, 5) is 5.59. The Morgan fingerprint density at radius 1 is 1.48 bits per heavy atom. The Morgan fingerprint density at radius 2 is 2.29 bits per heavy atom. The molecule has 0 radical (unpaired) electrons. The number of nitrogen functional groups attached to an aromatic ring is 1. The molecule has 0 spiro atoms. The Kier molecular flexibility index (Phi) is 3.99. The number of rotatable bonds is 4. The fourth-order valence-corrected chi connectivity index (χ4v) is 3.77. The summed E-state index contributed by atoms with van der Waals surface area (Å²) in [6.07, 6.45) is 1.95. The number of nitrogens with two attached hydrogens (primary N) is 1. The summed E-state index contributed by atoms with van der Waals surface area (Å²) in [6, 6.07) is 7.38. The number of thiophene rings is 1. The van der Waals surface area contributed by atoms with Gasteiger partial charge in [0, 0.05) is 10.9 Å². The third kappa shape index (κ3) is 2.58. The van der Waals surface area contributed by atoms with Crippen LogP contribution in [-0.2, 0) is 0 Å². The highest BCUT2D eigenvalue weighted by Gasteiger charge is 2.21. The van der Waals surface area contributed by atoms with Crippen LogP contribution in [0.25, 0.3) is 11.0 Å². The fraction of sp³-hybridized carbons (Fsp3) is 0.267. The minimum absolute atomic E-state index is 0.0978. The average molecular weight is 368 g/mol. The zero-order valence-electron chi connectivity index (χ0n) is 11.5. The lowest BCUT2D eigenvalue weighted by atomic mass is 10.1. The molecule has 21 heavy (non-hydrogen) atoms. The molecule has 1 unspecified atom stereocenters. The van der Waals surface area contributed by atoms with Crippen molar-refractivity contribution in [1.82, 2.24) is 9.55 Å². The molecule has 0 aliphatic heterocycles. The monoisotopic (exact) mass is 367 g/mol. The number of hydrogen-bond acceptors (Lipinski definition) is 3. The molecule has 1 atom stereocenters. The molecule has 0 aliphatic carbocycles. The van der Waals surface area contributed by atoms with Gasteiger partial charge in [-0.25, -0.2) is 9.37 Å². The van der Waals surface area contributed by atoms with Crippen molar-refractivity contribution >= 4 is 44.2 Å². The van der Waals surface area contributed by atoms with Crippen molar-refractivity contribution in [3.63, 3.8) is 0 Å². The van der Waals surface area contributed by atoms with Gasteiger partial charge in [0.15, 0.2) is 0 Å². The largest absolute Gasteiger partial charge is 0.369 e. The standard InChI is InChI=1S/C15H15BrFN3S/c1-2-4-12(14-5-3-6-21-14)20-13-8-10(17)9(16)7-11(13)19-15(20)18/h3,5-8,12H,2,4H2,1H3,(H2,18,19). The molecule has 1 aromatic carbocycles. The van der Waals surface area contributed by atoms with Gasteiger partial charge in [-0.3, -0.25) is 0 Å². The Morgan fingerprint density at radius 3 is 2.95 bits per heavy atom. The minimum atomic E-state index is -0.301. The van der Waals surface area contributed by atoms with Crippen molar-refractivity contribution in [1.29, 1.82) is 0 Å². The van der Waals surface area contributed by atoms with Crippen molar-refractivity contribution < 1.29 is 4.39 Å². The maximum atomic E-state index is 13.9. The molecular weight excluding hydrogens is 353 g/mol. The Bertz CT molecular complexity index is 767. The predicted molar refractivity (Wildman–Crippen MR) is 89.2 cm³/mol. The first kappa shape index (κ1) is 14.5. The molecule has 0 bridgehead atoms. The molecule has 6 heteroatoms. The lowest BCUT2D eigenvalue weighted by Gasteiger charge is -2.19. The molecule has 3 aromatic rings. The summed E-state index contributed by atoms with van der Waals surface area (Å²) in [5, 5.41) is 2.05. The molecule has 0 fully saturated rings. The molecule has 0 saturated heterocycles. The van der Waals surface area contributed by atoms with E-state index in [4.69, 9.17) is 5.73 Å². The second kappa shape index (κ2) is 5.77. The van der Waals surface area contributed by atoms with E-state index in [-0.39, 0.29) is 11.9 Å². The third-order valence-electron chi connectivity index (χ3n) is 3.50. The SMILES string of the molecule is CCCC(c1cccs1)n1c(N)nc2cc(Br)c(F)cc21. The first-order valence-corrected chi connectivity index (χ1v) is 8.45. The van der Waals surface area contributed by atoms with Crippen molar-refractivity contribution in [3.8, 4) is 0 Å². The van der Waals surface area contributed by atoms with Crippen LogP contribution < -0.4 is 5.73 Å². The van der Waals surface area contributed by atoms with Crippen LogP contribution >= 0.6 is 27.3 Å². The first-order chi connectivity index (χ1) is 10.1. The van der Waals surface area contributed by atoms with Crippen LogP contribution in [0.1, 0.15) is 30.7 Å². The van der Waals surface area contributed by atoms with Crippen molar-refractivity contribution in [2.45, 2.75) is 25.8 Å². The maximum Gasteiger partial charge on any atom is 0.201 e. The van der Waals surface area contributed by atoms with E-state index in [1.807, 2.05) is 16.0 Å². The van der Waals surface area contributed by atoms with Crippen molar-refractivity contribution in [3.05, 3.63) is 44.8 Å². The van der Waals surface area contributed by atoms with Gasteiger partial charge in [0.25, 0.3) is 0 Å². The summed E-state index contributed by atoms with van der Waals surface area (Å²) >= 11 is 4.88. The van der Waals surface area contributed by atoms with E-state index in [2.05, 4.69) is 33.9 Å². The van der Waals surface area contributed by atoms with Gasteiger partial charge in [-0.15, -0.1) is 11.3 Å². The van der Waals surface area contributed by atoms with Crippen LogP contribution in [0, 0.1) is 5.82 Å². The quantitative estimate of drug-likeness (QED) is 0.707. The van der Waals surface area contributed by atoms with E-state index in [1.54, 1.807) is 17.4 Å². The number of anilines is 1. The highest BCUT2D eigenvalue weighted by molar-refractivity contribution is 9.10. The lowest BCUT2D eigenvalue weighted by Crippen LogP contribution is -2.12. The number of benzene rings is 1. The van der Waals surface area contributed by atoms with Crippen molar-refractivity contribution in [2.24, 2.45) is 0 Å². The van der Waals surface area contributed by atoms with E-state index in [0.29, 0.717) is 15.9 Å². The topological polar surface area (TPSA) is 43.8 Å². The molecule has 0 saturated carbocycles. The van der Waals surface area contributed by atoms with Crippen molar-refractivity contribution in [2.75, 3.05) is 5.73 Å². The first-order valence-electron chi connectivity index (χ1n) is 6.77. The Labute approximate surface area is 134 Å². The minimum Gasteiger partial charge on any atom is -0.369 e. The van der Waals surface area contributed by atoms with Gasteiger partial charge < -0.3 is 10.3 Å². The molecule has 3 nitrogen and oxygen atoms in total. The van der Waals surface area contributed by atoms with Crippen LogP contribution in [0.15, 0.2) is 34.1 Å². The van der Waals surface area contributed by atoms with Gasteiger partial charge in [-0.05, 0) is 39.9 Å². The summed E-state index contributed by atoms with van der Waals surface area (Å²) in [5.41, 5.74) is 7.55. The van der Waals surface area contributed by atoms with E-state index in [0.717, 1.165) is 18.4 Å². The normalized spacial score (nSPS) is 12.9. The summed E-state index contributed by atoms with van der Waals surface area (Å²) in [7, 11) is 0. The number of halogens is 2. The van der Waals surface area contributed by atoms with Gasteiger partial charge in [0.05, 0.1) is 21.5 Å². The molecule has 3 rings (SSSR count). The highest BCUT2D eigenvalue weighted by atomic mass is 79.9. The van der Waals surface area contributed by atoms with Gasteiger partial charge in [-0.1, -0.05) is 19.4 Å². The number of aromatic nitrogens is 2. The van der Waals surface area contributed by atoms with E-state index >= 15 is 0 Å². The number of hydrogen-bond donors (Lipinski definition) is 1. The zero-order valence-corrected chi connectivity index (χ0v) is 13.9. The second-order valence-electron chi connectivity index (χ2n) is 4.91. The van der Waals surface area contributed by atoms with E-state index < -0.39 is 0 Å². The van der Waals surface area contributed by atoms with Crippen LogP contribution in [0.5, 0.6) is 0 Å². The number of imidazole rings is 1. The molecule has 2 N–H and O–H groups in total. The van der Waals surface area contributed by atoms with Crippen LogP contribution in [-0.4, -0.2) is 9.55 Å². The second-order valence-corrected chi connectivity index (χ2v) is 6.75. The van der Waals surface area contributed by atoms with Gasteiger partial charge in [0.2, 0.25) is 5.95 Å². The average Bonchev–Trinajstić information content (AvgIpc) is 3.06. The summed E-state index contributed by atoms with van der Waals surface area (Å²) in [6.45, 7) is 2.13. The van der Waals surface area contributed by atoms with Crippen LogP contribution in [0.2, 0.25) is 0 Å². The molecule has 2 heterocycles. The van der Waals surface area contributed by atoms with Gasteiger partial charge >= 0.3 is 0 Å². The molecule has 0 amide bonds. The molecule has 0 aliphatic rings. The Hall–Kier alpha value is -1.40. The summed E-state index contributed by atoms with van der Waals surface area (Å²) < 4.78 is 16.3. The van der Waals surface area contributed by atoms with Gasteiger partial charge in [0.1, 0.15) is 5.82 Å². The Balaban J connectivity index is 2.21. The molecule has 110 valence electrons. The van der Waals surface area contributed by atoms with Crippen LogP contribution in [0.4, 0.5) is 10.3 Å². The number of nitrogens with zero attached hydrogens (tertiary/aromatic N) is 2. The highest BCUT2D eigenvalue weighted by Crippen LogP contribution is 2.34. The molecular formula is C15H15BrFN3S. The molecule has 2 aromatic heterocycles. The van der Waals surface area contributed by atoms with Crippen LogP contribution in [0.3, 0.4) is 0 Å². The fourth-order valence-electron chi connectivity index (χ4n) is 2.59. The van der Waals surface area contributed by atoms with E-state index in [9.17, 15) is 4.39 Å². The van der Waals surface area contributed by atoms with Gasteiger partial charge in [-0.2, -0.15) is 0 Å². The lowest BCUT2D eigenvalue weighted by molar-refractivity contribution is 0.558. The predicted octanol–water partition coefficient (Wildman–Crippen LogP) is 4.97. The van der Waals surface area contributed by atoms with E-state index in [1.165, 1.54) is 10.9 Å². The smallest absolute Gasteiger partial charge is 0.201 e.